The zero-order valence-electron chi connectivity index (χ0n) is 6.09. The van der Waals surface area contributed by atoms with Crippen molar-refractivity contribution < 1.29 is 9.53 Å². The van der Waals surface area contributed by atoms with Gasteiger partial charge in [-0.2, -0.15) is 0 Å². The monoisotopic (exact) mass is 139 g/mol. The van der Waals surface area contributed by atoms with Gasteiger partial charge < -0.3 is 4.74 Å². The largest absolute Gasteiger partial charge is 0.452 e. The molecule has 0 aromatic rings. The van der Waals surface area contributed by atoms with Crippen molar-refractivity contribution >= 4 is 5.97 Å². The Labute approximate surface area is 61.6 Å². The lowest BCUT2D eigenvalue weighted by atomic mass is 10.2. The van der Waals surface area contributed by atoms with Crippen molar-refractivity contribution in [1.82, 2.24) is 0 Å². The molecule has 10 heavy (non-hydrogen) atoms. The standard InChI is InChI=1S/C8H11O2/c1-3-5-6-8(9)10-7-4-2/h2-3H,5-7H2,1H3. The van der Waals surface area contributed by atoms with E-state index in [-0.39, 0.29) is 12.6 Å². The minimum Gasteiger partial charge on any atom is -0.452 e. The summed E-state index contributed by atoms with van der Waals surface area (Å²) >= 11 is 0. The molecule has 0 saturated heterocycles. The van der Waals surface area contributed by atoms with Gasteiger partial charge in [0.2, 0.25) is 0 Å². The van der Waals surface area contributed by atoms with Gasteiger partial charge in [-0.05, 0) is 12.8 Å². The molecule has 0 aromatic heterocycles. The summed E-state index contributed by atoms with van der Waals surface area (Å²) in [5.74, 6) is 2.00. The Bertz CT molecular complexity index is 133. The SMILES string of the molecule is C#CCOC(=O)CC[CH]C. The third-order valence-electron chi connectivity index (χ3n) is 0.954. The molecule has 0 atom stereocenters. The lowest BCUT2D eigenvalue weighted by Crippen LogP contribution is -2.03. The maximum absolute atomic E-state index is 10.6. The van der Waals surface area contributed by atoms with E-state index in [1.807, 2.05) is 13.3 Å². The van der Waals surface area contributed by atoms with Gasteiger partial charge in [0.25, 0.3) is 0 Å². The molecule has 0 bridgehead atoms. The highest BCUT2D eigenvalue weighted by Crippen LogP contribution is 1.94. The van der Waals surface area contributed by atoms with E-state index in [2.05, 4.69) is 10.7 Å². The van der Waals surface area contributed by atoms with Crippen molar-refractivity contribution in [3.63, 3.8) is 0 Å². The average molecular weight is 139 g/mol. The molecule has 0 rings (SSSR count). The number of hydrogen-bond donors (Lipinski definition) is 0. The zero-order valence-corrected chi connectivity index (χ0v) is 6.09. The zero-order chi connectivity index (χ0) is 7.82. The first-order valence-corrected chi connectivity index (χ1v) is 3.18. The number of unbranched alkanes of at least 4 members (excludes halogenated alkanes) is 1. The molecule has 0 amide bonds. The van der Waals surface area contributed by atoms with Crippen LogP contribution in [-0.2, 0) is 9.53 Å². The molecule has 0 spiro atoms. The van der Waals surface area contributed by atoms with Crippen molar-refractivity contribution in [1.29, 1.82) is 0 Å². The Morgan fingerprint density at radius 1 is 1.80 bits per heavy atom. The molecule has 0 aliphatic heterocycles. The van der Waals surface area contributed by atoms with Crippen LogP contribution in [0.4, 0.5) is 0 Å². The minimum atomic E-state index is -0.226. The van der Waals surface area contributed by atoms with Gasteiger partial charge in [-0.15, -0.1) is 6.42 Å². The van der Waals surface area contributed by atoms with Crippen LogP contribution < -0.4 is 0 Å². The van der Waals surface area contributed by atoms with E-state index in [1.165, 1.54) is 0 Å². The number of hydrogen-bond acceptors (Lipinski definition) is 2. The maximum atomic E-state index is 10.6. The highest BCUT2D eigenvalue weighted by molar-refractivity contribution is 5.69. The van der Waals surface area contributed by atoms with Gasteiger partial charge >= 0.3 is 5.97 Å². The van der Waals surface area contributed by atoms with Crippen molar-refractivity contribution in [3.05, 3.63) is 6.42 Å². The van der Waals surface area contributed by atoms with Crippen LogP contribution in [-0.4, -0.2) is 12.6 Å². The molecular formula is C8H11O2. The molecule has 0 saturated carbocycles. The maximum Gasteiger partial charge on any atom is 0.306 e. The molecule has 2 nitrogen and oxygen atoms in total. The smallest absolute Gasteiger partial charge is 0.306 e. The summed E-state index contributed by atoms with van der Waals surface area (Å²) in [4.78, 5) is 10.6. The summed E-state index contributed by atoms with van der Waals surface area (Å²) in [6, 6.07) is 0. The third kappa shape index (κ3) is 5.17. The number of rotatable bonds is 4. The van der Waals surface area contributed by atoms with Crippen LogP contribution in [0.5, 0.6) is 0 Å². The summed E-state index contributed by atoms with van der Waals surface area (Å²) in [6.07, 6.45) is 7.97. The van der Waals surface area contributed by atoms with Crippen molar-refractivity contribution in [2.75, 3.05) is 6.61 Å². The molecule has 0 heterocycles. The van der Waals surface area contributed by atoms with Crippen LogP contribution in [0, 0.1) is 18.8 Å². The first-order chi connectivity index (χ1) is 4.81. The number of terminal acetylenes is 1. The van der Waals surface area contributed by atoms with Gasteiger partial charge in [0.05, 0.1) is 0 Å². The first-order valence-electron chi connectivity index (χ1n) is 3.18. The van der Waals surface area contributed by atoms with Crippen LogP contribution in [0.15, 0.2) is 0 Å². The van der Waals surface area contributed by atoms with E-state index in [1.54, 1.807) is 0 Å². The summed E-state index contributed by atoms with van der Waals surface area (Å²) in [5.41, 5.74) is 0. The Hall–Kier alpha value is -0.970. The van der Waals surface area contributed by atoms with Crippen molar-refractivity contribution in [2.45, 2.75) is 19.8 Å². The van der Waals surface area contributed by atoms with E-state index in [0.29, 0.717) is 6.42 Å². The molecule has 0 unspecified atom stereocenters. The second kappa shape index (κ2) is 6.15. The Balaban J connectivity index is 3.19. The molecule has 0 aliphatic rings. The van der Waals surface area contributed by atoms with E-state index in [4.69, 9.17) is 6.42 Å². The van der Waals surface area contributed by atoms with E-state index < -0.39 is 0 Å². The second-order valence-corrected chi connectivity index (χ2v) is 1.81. The molecule has 0 N–H and O–H groups in total. The summed E-state index contributed by atoms with van der Waals surface area (Å²) in [5, 5.41) is 0. The lowest BCUT2D eigenvalue weighted by Gasteiger charge is -1.97. The summed E-state index contributed by atoms with van der Waals surface area (Å²) in [6.45, 7) is 1.98. The minimum absolute atomic E-state index is 0.0859. The topological polar surface area (TPSA) is 26.3 Å². The van der Waals surface area contributed by atoms with E-state index >= 15 is 0 Å². The Morgan fingerprint density at radius 2 is 2.50 bits per heavy atom. The van der Waals surface area contributed by atoms with E-state index in [0.717, 1.165) is 6.42 Å². The van der Waals surface area contributed by atoms with Gasteiger partial charge in [0.1, 0.15) is 0 Å². The highest BCUT2D eigenvalue weighted by Gasteiger charge is 1.98. The molecule has 55 valence electrons. The predicted molar refractivity (Wildman–Crippen MR) is 39.0 cm³/mol. The average Bonchev–Trinajstić information content (AvgIpc) is 1.97. The Morgan fingerprint density at radius 3 is 3.00 bits per heavy atom. The fraction of sp³-hybridized carbons (Fsp3) is 0.500. The van der Waals surface area contributed by atoms with Crippen LogP contribution in [0.2, 0.25) is 0 Å². The molecule has 0 fully saturated rings. The number of carbonyl (C=O) groups excluding carboxylic acids is 1. The molecule has 1 radical (unpaired) electrons. The first kappa shape index (κ1) is 9.03. The molecule has 0 aromatic carbocycles. The van der Waals surface area contributed by atoms with Crippen LogP contribution >= 0.6 is 0 Å². The summed E-state index contributed by atoms with van der Waals surface area (Å²) in [7, 11) is 0. The van der Waals surface area contributed by atoms with Crippen LogP contribution in [0.3, 0.4) is 0 Å². The predicted octanol–water partition coefficient (Wildman–Crippen LogP) is 1.17. The molecule has 0 aliphatic carbocycles. The van der Waals surface area contributed by atoms with Gasteiger partial charge in [-0.3, -0.25) is 4.79 Å². The molecule has 2 heteroatoms. The van der Waals surface area contributed by atoms with E-state index in [9.17, 15) is 4.79 Å². The second-order valence-electron chi connectivity index (χ2n) is 1.81. The summed E-state index contributed by atoms with van der Waals surface area (Å²) < 4.78 is 4.60. The van der Waals surface area contributed by atoms with Crippen LogP contribution in [0.1, 0.15) is 19.8 Å². The van der Waals surface area contributed by atoms with Crippen molar-refractivity contribution in [2.24, 2.45) is 0 Å². The van der Waals surface area contributed by atoms with Crippen molar-refractivity contribution in [3.8, 4) is 12.3 Å². The number of ether oxygens (including phenoxy) is 1. The van der Waals surface area contributed by atoms with Gasteiger partial charge in [0, 0.05) is 6.42 Å². The highest BCUT2D eigenvalue weighted by atomic mass is 16.5. The molecular weight excluding hydrogens is 128 g/mol. The quantitative estimate of drug-likeness (QED) is 0.431. The Kier molecular flexibility index (Phi) is 5.56. The fourth-order valence-corrected chi connectivity index (χ4v) is 0.457. The third-order valence-corrected chi connectivity index (χ3v) is 0.954. The normalized spacial score (nSPS) is 8.40. The van der Waals surface area contributed by atoms with Gasteiger partial charge in [0.15, 0.2) is 6.61 Å². The van der Waals surface area contributed by atoms with Crippen LogP contribution in [0.25, 0.3) is 0 Å². The number of carbonyl (C=O) groups is 1. The number of esters is 1. The van der Waals surface area contributed by atoms with Gasteiger partial charge in [-0.25, -0.2) is 0 Å². The van der Waals surface area contributed by atoms with Gasteiger partial charge in [-0.1, -0.05) is 12.8 Å². The lowest BCUT2D eigenvalue weighted by molar-refractivity contribution is -0.142. The fourth-order valence-electron chi connectivity index (χ4n) is 0.457.